The van der Waals surface area contributed by atoms with Crippen LogP contribution in [-0.4, -0.2) is 25.8 Å². The van der Waals surface area contributed by atoms with Crippen molar-refractivity contribution < 1.29 is 4.79 Å². The lowest BCUT2D eigenvalue weighted by Crippen LogP contribution is -2.34. The molecular formula is C21H22BrN7OS. The Labute approximate surface area is 192 Å². The maximum atomic E-state index is 12.4. The van der Waals surface area contributed by atoms with E-state index < -0.39 is 6.03 Å². The number of aryl methyl sites for hydroxylation is 2. The number of amides is 2. The largest absolute Gasteiger partial charge is 0.339 e. The molecule has 0 bridgehead atoms. The molecule has 0 aliphatic heterocycles. The van der Waals surface area contributed by atoms with Gasteiger partial charge in [-0.25, -0.2) is 20.2 Å². The number of pyridine rings is 1. The molecule has 0 saturated carbocycles. The molecule has 8 nitrogen and oxygen atoms in total. The first kappa shape index (κ1) is 21.3. The number of urea groups is 1. The Bertz CT molecular complexity index is 1250. The van der Waals surface area contributed by atoms with Crippen LogP contribution in [0.2, 0.25) is 0 Å². The van der Waals surface area contributed by atoms with Gasteiger partial charge in [0.15, 0.2) is 5.65 Å². The summed E-state index contributed by atoms with van der Waals surface area (Å²) in [5.41, 5.74) is 9.34. The monoisotopic (exact) mass is 499 g/mol. The maximum Gasteiger partial charge on any atom is 0.339 e. The highest BCUT2D eigenvalue weighted by Crippen LogP contribution is 2.29. The number of hydrogen-bond acceptors (Lipinski definition) is 6. The number of rotatable bonds is 5. The van der Waals surface area contributed by atoms with Crippen LogP contribution in [-0.2, 0) is 7.05 Å². The number of anilines is 2. The van der Waals surface area contributed by atoms with Crippen LogP contribution in [0.4, 0.5) is 16.4 Å². The number of carbonyl (C=O) groups excluding carboxylic acids is 1. The van der Waals surface area contributed by atoms with Gasteiger partial charge in [0.1, 0.15) is 16.6 Å². The highest BCUT2D eigenvalue weighted by molar-refractivity contribution is 9.10. The molecule has 0 radical (unpaired) electrons. The normalized spacial score (nSPS) is 11.2. The lowest BCUT2D eigenvalue weighted by Gasteiger charge is -2.13. The average molecular weight is 500 g/mol. The van der Waals surface area contributed by atoms with E-state index in [1.54, 1.807) is 10.1 Å². The first-order valence-corrected chi connectivity index (χ1v) is 11.4. The third-order valence-electron chi connectivity index (χ3n) is 4.76. The summed E-state index contributed by atoms with van der Waals surface area (Å²) in [5, 5.41) is 10.9. The fourth-order valence-electron chi connectivity index (χ4n) is 3.32. The molecule has 0 aliphatic carbocycles. The zero-order valence-electron chi connectivity index (χ0n) is 17.5. The third-order valence-corrected chi connectivity index (χ3v) is 6.18. The average Bonchev–Trinajstić information content (AvgIpc) is 3.31. The number of hydrogen-bond donors (Lipinski definition) is 3. The summed E-state index contributed by atoms with van der Waals surface area (Å²) in [6.07, 6.45) is 0. The molecule has 10 heteroatoms. The molecule has 0 atom stereocenters. The number of hydrazine groups is 1. The molecule has 3 heterocycles. The third kappa shape index (κ3) is 4.54. The molecule has 4 rings (SSSR count). The summed E-state index contributed by atoms with van der Waals surface area (Å²) in [7, 11) is 1.86. The van der Waals surface area contributed by atoms with Crippen molar-refractivity contribution in [3.63, 3.8) is 0 Å². The van der Waals surface area contributed by atoms with Gasteiger partial charge >= 0.3 is 6.03 Å². The minimum absolute atomic E-state index is 0.287. The number of fused-ring (bicyclic) bond motifs is 1. The van der Waals surface area contributed by atoms with Crippen LogP contribution in [0, 0.1) is 6.92 Å². The first-order valence-electron chi connectivity index (χ1n) is 9.70. The molecule has 2 amide bonds. The maximum absolute atomic E-state index is 12.4. The Morgan fingerprint density at radius 1 is 1.16 bits per heavy atom. The molecule has 1 aromatic carbocycles. The zero-order valence-corrected chi connectivity index (χ0v) is 19.9. The molecule has 0 aliphatic rings. The van der Waals surface area contributed by atoms with Crippen molar-refractivity contribution in [2.75, 3.05) is 10.7 Å². The van der Waals surface area contributed by atoms with Gasteiger partial charge in [-0.3, -0.25) is 15.4 Å². The molecule has 4 aromatic rings. The number of aromatic nitrogens is 4. The van der Waals surface area contributed by atoms with E-state index >= 15 is 0 Å². The Balaban J connectivity index is 1.45. The van der Waals surface area contributed by atoms with E-state index in [9.17, 15) is 4.79 Å². The van der Waals surface area contributed by atoms with Gasteiger partial charge in [-0.15, -0.1) is 11.3 Å². The van der Waals surface area contributed by atoms with Crippen molar-refractivity contribution in [2.24, 2.45) is 7.05 Å². The Kier molecular flexibility index (Phi) is 5.92. The van der Waals surface area contributed by atoms with E-state index in [1.165, 1.54) is 11.3 Å². The van der Waals surface area contributed by atoms with Crippen molar-refractivity contribution in [2.45, 2.75) is 26.7 Å². The van der Waals surface area contributed by atoms with Gasteiger partial charge in [0, 0.05) is 27.9 Å². The summed E-state index contributed by atoms with van der Waals surface area (Å²) >= 11 is 4.89. The lowest BCUT2D eigenvalue weighted by molar-refractivity contribution is 0.253. The minimum atomic E-state index is -0.429. The number of nitrogens with one attached hydrogen (secondary N) is 3. The van der Waals surface area contributed by atoms with Gasteiger partial charge in [0.05, 0.1) is 5.69 Å². The van der Waals surface area contributed by atoms with Gasteiger partial charge < -0.3 is 0 Å². The van der Waals surface area contributed by atoms with E-state index in [2.05, 4.69) is 61.0 Å². The zero-order chi connectivity index (χ0) is 22.1. The minimum Gasteiger partial charge on any atom is -0.290 e. The molecule has 160 valence electrons. The number of carbonyl (C=O) groups is 1. The fraction of sp³-hybridized carbons (Fsp3) is 0.238. The first-order chi connectivity index (χ1) is 14.8. The molecular weight excluding hydrogens is 478 g/mol. The SMILES string of the molecule is Cc1nn(C)c2nc(NNC(=O)Nc3csc(-c4ccc(Br)cc4)n3)cc(C(C)C)c12. The molecule has 3 N–H and O–H groups in total. The molecule has 3 aromatic heterocycles. The summed E-state index contributed by atoms with van der Waals surface area (Å²) < 4.78 is 2.76. The topological polar surface area (TPSA) is 96.8 Å². The van der Waals surface area contributed by atoms with Gasteiger partial charge in [-0.05, 0) is 36.6 Å². The Hall–Kier alpha value is -2.98. The van der Waals surface area contributed by atoms with Gasteiger partial charge in [-0.2, -0.15) is 5.10 Å². The number of thiazole rings is 1. The summed E-state index contributed by atoms with van der Waals surface area (Å²) in [5.74, 6) is 1.31. The van der Waals surface area contributed by atoms with Gasteiger partial charge in [0.25, 0.3) is 0 Å². The van der Waals surface area contributed by atoms with Crippen LogP contribution in [0.15, 0.2) is 40.2 Å². The summed E-state index contributed by atoms with van der Waals surface area (Å²) in [4.78, 5) is 21.4. The quantitative estimate of drug-likeness (QED) is 0.318. The van der Waals surface area contributed by atoms with Crippen LogP contribution in [0.3, 0.4) is 0 Å². The van der Waals surface area contributed by atoms with Crippen LogP contribution < -0.4 is 16.2 Å². The van der Waals surface area contributed by atoms with Gasteiger partial charge in [-0.1, -0.05) is 41.9 Å². The van der Waals surface area contributed by atoms with Crippen LogP contribution in [0.5, 0.6) is 0 Å². The number of nitrogens with zero attached hydrogens (tertiary/aromatic N) is 4. The second-order valence-corrected chi connectivity index (χ2v) is 9.18. The highest BCUT2D eigenvalue weighted by atomic mass is 79.9. The van der Waals surface area contributed by atoms with Crippen molar-refractivity contribution in [1.82, 2.24) is 25.2 Å². The second-order valence-electron chi connectivity index (χ2n) is 7.41. The van der Waals surface area contributed by atoms with E-state index in [-0.39, 0.29) is 5.92 Å². The predicted molar refractivity (Wildman–Crippen MR) is 128 cm³/mol. The van der Waals surface area contributed by atoms with E-state index in [0.717, 1.165) is 37.3 Å². The van der Waals surface area contributed by atoms with Crippen molar-refractivity contribution in [3.05, 3.63) is 51.4 Å². The molecule has 0 spiro atoms. The van der Waals surface area contributed by atoms with Gasteiger partial charge in [0.2, 0.25) is 0 Å². The standard InChI is InChI=1S/C21H22BrN7OS/c1-11(2)15-9-16(23-19-18(15)12(3)28-29(19)4)26-27-21(30)25-17-10-31-20(24-17)13-5-7-14(22)8-6-13/h5-11H,1-4H3,(H,23,26)(H2,25,27,30). The fourth-order valence-corrected chi connectivity index (χ4v) is 4.34. The van der Waals surface area contributed by atoms with Crippen LogP contribution in [0.25, 0.3) is 21.6 Å². The molecule has 0 saturated heterocycles. The van der Waals surface area contributed by atoms with Crippen molar-refractivity contribution >= 4 is 56.0 Å². The molecule has 31 heavy (non-hydrogen) atoms. The van der Waals surface area contributed by atoms with Crippen molar-refractivity contribution in [3.8, 4) is 10.6 Å². The molecule has 0 fully saturated rings. The van der Waals surface area contributed by atoms with E-state index in [0.29, 0.717) is 11.6 Å². The smallest absolute Gasteiger partial charge is 0.290 e. The molecule has 0 unspecified atom stereocenters. The Morgan fingerprint density at radius 3 is 2.61 bits per heavy atom. The van der Waals surface area contributed by atoms with Crippen molar-refractivity contribution in [1.29, 1.82) is 0 Å². The Morgan fingerprint density at radius 2 is 1.90 bits per heavy atom. The number of benzene rings is 1. The lowest BCUT2D eigenvalue weighted by atomic mass is 10.00. The summed E-state index contributed by atoms with van der Waals surface area (Å²) in [6.45, 7) is 6.22. The highest BCUT2D eigenvalue weighted by Gasteiger charge is 2.16. The van der Waals surface area contributed by atoms with E-state index in [1.807, 2.05) is 44.3 Å². The van der Waals surface area contributed by atoms with E-state index in [4.69, 9.17) is 0 Å². The van der Waals surface area contributed by atoms with Crippen LogP contribution in [0.1, 0.15) is 31.0 Å². The van der Waals surface area contributed by atoms with Crippen LogP contribution >= 0.6 is 27.3 Å². The second kappa shape index (κ2) is 8.64. The number of halogens is 1. The predicted octanol–water partition coefficient (Wildman–Crippen LogP) is 5.43. The summed E-state index contributed by atoms with van der Waals surface area (Å²) in [6, 6.07) is 9.38.